The lowest BCUT2D eigenvalue weighted by molar-refractivity contribution is 0.591. The summed E-state index contributed by atoms with van der Waals surface area (Å²) in [6.07, 6.45) is 11.6. The van der Waals surface area contributed by atoms with Gasteiger partial charge >= 0.3 is 0 Å². The van der Waals surface area contributed by atoms with Crippen LogP contribution in [0.25, 0.3) is 10.9 Å². The average Bonchev–Trinajstić information content (AvgIpc) is 2.84. The minimum Gasteiger partial charge on any atom is -0.361 e. The van der Waals surface area contributed by atoms with E-state index < -0.39 is 0 Å². The second kappa shape index (κ2) is 7.15. The van der Waals surface area contributed by atoms with Crippen molar-refractivity contribution in [2.75, 3.05) is 0 Å². The SMILES string of the molecule is CCCCCCCCc1c[nH]c2ccc(C(C)(C)C)cc12. The van der Waals surface area contributed by atoms with Crippen LogP contribution in [0.2, 0.25) is 0 Å². The van der Waals surface area contributed by atoms with Crippen molar-refractivity contribution >= 4 is 10.9 Å². The molecule has 1 heteroatoms. The molecule has 0 atom stereocenters. The quantitative estimate of drug-likeness (QED) is 0.569. The fraction of sp³-hybridized carbons (Fsp3) is 0.600. The molecule has 21 heavy (non-hydrogen) atoms. The van der Waals surface area contributed by atoms with Gasteiger partial charge in [0, 0.05) is 17.1 Å². The van der Waals surface area contributed by atoms with E-state index in [1.807, 2.05) is 0 Å². The zero-order valence-electron chi connectivity index (χ0n) is 14.3. The standard InChI is InChI=1S/C20H31N/c1-5-6-7-8-9-10-11-16-15-21-19-13-12-17(14-18(16)19)20(2,3)4/h12-15,21H,5-11H2,1-4H3. The summed E-state index contributed by atoms with van der Waals surface area (Å²) in [7, 11) is 0. The molecule has 2 aromatic rings. The molecule has 2 rings (SSSR count). The largest absolute Gasteiger partial charge is 0.361 e. The van der Waals surface area contributed by atoms with Gasteiger partial charge in [0.25, 0.3) is 0 Å². The maximum absolute atomic E-state index is 3.43. The maximum atomic E-state index is 3.43. The van der Waals surface area contributed by atoms with Crippen molar-refractivity contribution in [3.63, 3.8) is 0 Å². The van der Waals surface area contributed by atoms with Crippen LogP contribution in [-0.2, 0) is 11.8 Å². The van der Waals surface area contributed by atoms with Crippen LogP contribution in [0.4, 0.5) is 0 Å². The van der Waals surface area contributed by atoms with E-state index in [0.717, 1.165) is 0 Å². The monoisotopic (exact) mass is 285 g/mol. The van der Waals surface area contributed by atoms with Crippen molar-refractivity contribution in [2.24, 2.45) is 0 Å². The van der Waals surface area contributed by atoms with Crippen LogP contribution in [0.3, 0.4) is 0 Å². The lowest BCUT2D eigenvalue weighted by Crippen LogP contribution is -2.10. The molecule has 0 fully saturated rings. The highest BCUT2D eigenvalue weighted by molar-refractivity contribution is 5.84. The molecule has 0 radical (unpaired) electrons. The van der Waals surface area contributed by atoms with Crippen LogP contribution in [0.1, 0.15) is 77.3 Å². The Morgan fingerprint density at radius 1 is 0.952 bits per heavy atom. The minimum absolute atomic E-state index is 0.225. The average molecular weight is 285 g/mol. The van der Waals surface area contributed by atoms with E-state index >= 15 is 0 Å². The minimum atomic E-state index is 0.225. The number of aryl methyl sites for hydroxylation is 1. The molecule has 0 saturated carbocycles. The van der Waals surface area contributed by atoms with E-state index in [2.05, 4.69) is 57.1 Å². The first-order valence-corrected chi connectivity index (χ1v) is 8.63. The summed E-state index contributed by atoms with van der Waals surface area (Å²) in [4.78, 5) is 3.43. The fourth-order valence-corrected chi connectivity index (χ4v) is 2.95. The van der Waals surface area contributed by atoms with Gasteiger partial charge in [-0.3, -0.25) is 0 Å². The van der Waals surface area contributed by atoms with E-state index in [9.17, 15) is 0 Å². The van der Waals surface area contributed by atoms with Crippen molar-refractivity contribution in [2.45, 2.75) is 78.1 Å². The highest BCUT2D eigenvalue weighted by Crippen LogP contribution is 2.28. The van der Waals surface area contributed by atoms with Gasteiger partial charge in [-0.25, -0.2) is 0 Å². The van der Waals surface area contributed by atoms with Gasteiger partial charge in [-0.1, -0.05) is 65.9 Å². The lowest BCUT2D eigenvalue weighted by Gasteiger charge is -2.19. The zero-order valence-corrected chi connectivity index (χ0v) is 14.3. The van der Waals surface area contributed by atoms with Crippen LogP contribution >= 0.6 is 0 Å². The molecule has 0 aliphatic rings. The van der Waals surface area contributed by atoms with Crippen molar-refractivity contribution in [1.29, 1.82) is 0 Å². The second-order valence-corrected chi connectivity index (χ2v) is 7.34. The molecule has 0 spiro atoms. The van der Waals surface area contributed by atoms with Gasteiger partial charge in [0.1, 0.15) is 0 Å². The fourth-order valence-electron chi connectivity index (χ4n) is 2.95. The molecular formula is C20H31N. The van der Waals surface area contributed by atoms with Crippen molar-refractivity contribution < 1.29 is 0 Å². The number of H-pyrrole nitrogens is 1. The molecule has 1 heterocycles. The molecule has 0 amide bonds. The van der Waals surface area contributed by atoms with E-state index in [1.54, 1.807) is 0 Å². The Balaban J connectivity index is 2.00. The van der Waals surface area contributed by atoms with Crippen molar-refractivity contribution in [1.82, 2.24) is 4.98 Å². The number of aromatic amines is 1. The van der Waals surface area contributed by atoms with Gasteiger partial charge in [0.2, 0.25) is 0 Å². The Morgan fingerprint density at radius 2 is 1.67 bits per heavy atom. The Bertz CT molecular complexity index is 557. The normalized spacial score (nSPS) is 12.2. The first-order valence-electron chi connectivity index (χ1n) is 8.63. The molecule has 0 aliphatic heterocycles. The van der Waals surface area contributed by atoms with E-state index in [-0.39, 0.29) is 5.41 Å². The van der Waals surface area contributed by atoms with E-state index in [0.29, 0.717) is 0 Å². The summed E-state index contributed by atoms with van der Waals surface area (Å²) in [6.45, 7) is 9.13. The Labute approximate surface area is 130 Å². The molecule has 0 saturated heterocycles. The molecule has 1 nitrogen and oxygen atoms in total. The number of nitrogens with one attached hydrogen (secondary N) is 1. The highest BCUT2D eigenvalue weighted by atomic mass is 14.7. The first-order chi connectivity index (χ1) is 10.0. The number of unbranched alkanes of at least 4 members (excludes halogenated alkanes) is 5. The number of aromatic nitrogens is 1. The molecular weight excluding hydrogens is 254 g/mol. The van der Waals surface area contributed by atoms with Crippen LogP contribution in [-0.4, -0.2) is 4.98 Å². The third-order valence-electron chi connectivity index (χ3n) is 4.43. The van der Waals surface area contributed by atoms with Crippen molar-refractivity contribution in [3.05, 3.63) is 35.5 Å². The third-order valence-corrected chi connectivity index (χ3v) is 4.43. The summed E-state index contributed by atoms with van der Waals surface area (Å²) in [5, 5.41) is 1.43. The van der Waals surface area contributed by atoms with Gasteiger partial charge in [-0.05, 0) is 41.5 Å². The number of fused-ring (bicyclic) bond motifs is 1. The number of hydrogen-bond acceptors (Lipinski definition) is 0. The predicted octanol–water partition coefficient (Wildman–Crippen LogP) is 6.37. The predicted molar refractivity (Wildman–Crippen MR) is 94.1 cm³/mol. The number of rotatable bonds is 7. The third kappa shape index (κ3) is 4.36. The number of hydrogen-bond donors (Lipinski definition) is 1. The molecule has 0 aliphatic carbocycles. The number of benzene rings is 1. The Kier molecular flexibility index (Phi) is 5.50. The summed E-state index contributed by atoms with van der Waals surface area (Å²) in [5.41, 5.74) is 4.43. The van der Waals surface area contributed by atoms with Crippen LogP contribution in [0.15, 0.2) is 24.4 Å². The van der Waals surface area contributed by atoms with E-state index in [4.69, 9.17) is 0 Å². The maximum Gasteiger partial charge on any atom is 0.0456 e. The van der Waals surface area contributed by atoms with Gasteiger partial charge in [-0.2, -0.15) is 0 Å². The van der Waals surface area contributed by atoms with Gasteiger partial charge in [0.15, 0.2) is 0 Å². The first kappa shape index (κ1) is 16.1. The second-order valence-electron chi connectivity index (χ2n) is 7.34. The Morgan fingerprint density at radius 3 is 2.38 bits per heavy atom. The molecule has 1 N–H and O–H groups in total. The van der Waals surface area contributed by atoms with E-state index in [1.165, 1.54) is 67.0 Å². The zero-order chi connectivity index (χ0) is 15.3. The lowest BCUT2D eigenvalue weighted by atomic mass is 9.86. The van der Waals surface area contributed by atoms with Gasteiger partial charge in [0.05, 0.1) is 0 Å². The molecule has 116 valence electrons. The summed E-state index contributed by atoms with van der Waals surface area (Å²) >= 11 is 0. The molecule has 0 unspecified atom stereocenters. The smallest absolute Gasteiger partial charge is 0.0456 e. The van der Waals surface area contributed by atoms with Gasteiger partial charge < -0.3 is 4.98 Å². The summed E-state index contributed by atoms with van der Waals surface area (Å²) in [6, 6.07) is 6.88. The van der Waals surface area contributed by atoms with Crippen LogP contribution < -0.4 is 0 Å². The molecule has 0 bridgehead atoms. The Hall–Kier alpha value is -1.24. The van der Waals surface area contributed by atoms with Crippen LogP contribution in [0, 0.1) is 0 Å². The highest BCUT2D eigenvalue weighted by Gasteiger charge is 2.15. The molecule has 1 aromatic heterocycles. The van der Waals surface area contributed by atoms with Crippen LogP contribution in [0.5, 0.6) is 0 Å². The van der Waals surface area contributed by atoms with Gasteiger partial charge in [-0.15, -0.1) is 0 Å². The summed E-state index contributed by atoms with van der Waals surface area (Å²) < 4.78 is 0. The topological polar surface area (TPSA) is 15.8 Å². The summed E-state index contributed by atoms with van der Waals surface area (Å²) in [5.74, 6) is 0. The molecule has 1 aromatic carbocycles. The van der Waals surface area contributed by atoms with Crippen molar-refractivity contribution in [3.8, 4) is 0 Å².